The van der Waals surface area contributed by atoms with E-state index in [1.165, 1.54) is 13.2 Å². The van der Waals surface area contributed by atoms with Crippen molar-refractivity contribution in [2.75, 3.05) is 20.3 Å². The van der Waals surface area contributed by atoms with Crippen LogP contribution in [0.2, 0.25) is 0 Å². The van der Waals surface area contributed by atoms with E-state index in [4.69, 9.17) is 14.6 Å². The highest BCUT2D eigenvalue weighted by Crippen LogP contribution is 2.31. The Labute approximate surface area is 107 Å². The van der Waals surface area contributed by atoms with Crippen LogP contribution in [0, 0.1) is 11.8 Å². The van der Waals surface area contributed by atoms with Gasteiger partial charge in [-0.3, -0.25) is 9.59 Å². The van der Waals surface area contributed by atoms with Crippen LogP contribution in [0.15, 0.2) is 12.2 Å². The fourth-order valence-electron chi connectivity index (χ4n) is 2.23. The molecule has 5 nitrogen and oxygen atoms in total. The maximum Gasteiger partial charge on any atom is 0.310 e. The fourth-order valence-corrected chi connectivity index (χ4v) is 2.23. The zero-order valence-corrected chi connectivity index (χ0v) is 10.6. The Balaban J connectivity index is 2.52. The molecule has 0 aromatic carbocycles. The van der Waals surface area contributed by atoms with Gasteiger partial charge in [0, 0.05) is 0 Å². The van der Waals surface area contributed by atoms with E-state index in [2.05, 4.69) is 0 Å². The molecule has 1 saturated carbocycles. The summed E-state index contributed by atoms with van der Waals surface area (Å²) in [4.78, 5) is 23.4. The second-order valence-electron chi connectivity index (χ2n) is 4.30. The van der Waals surface area contributed by atoms with E-state index in [0.717, 1.165) is 12.8 Å². The number of esters is 2. The van der Waals surface area contributed by atoms with E-state index in [1.807, 2.05) is 0 Å². The van der Waals surface area contributed by atoms with Gasteiger partial charge in [0.1, 0.15) is 6.61 Å². The lowest BCUT2D eigenvalue weighted by Crippen LogP contribution is -2.34. The number of ether oxygens (including phenoxy) is 2. The summed E-state index contributed by atoms with van der Waals surface area (Å²) in [5, 5.41) is 8.54. The molecule has 0 radical (unpaired) electrons. The van der Waals surface area contributed by atoms with Crippen LogP contribution < -0.4 is 0 Å². The van der Waals surface area contributed by atoms with Crippen LogP contribution in [0.3, 0.4) is 0 Å². The largest absolute Gasteiger partial charge is 0.469 e. The molecule has 1 aliphatic rings. The standard InChI is InChI=1S/C13H20O5/c1-17-12(15)10-6-2-3-7-11(10)13(16)18-9-5-4-8-14/h4-5,10-11,14H,2-3,6-9H2,1H3. The summed E-state index contributed by atoms with van der Waals surface area (Å²) in [6.45, 7) is 0.0511. The normalized spacial score (nSPS) is 23.9. The molecule has 2 atom stereocenters. The highest BCUT2D eigenvalue weighted by molar-refractivity contribution is 5.82. The highest BCUT2D eigenvalue weighted by Gasteiger charge is 2.37. The van der Waals surface area contributed by atoms with Crippen molar-refractivity contribution in [2.45, 2.75) is 25.7 Å². The second kappa shape index (κ2) is 7.87. The number of methoxy groups -OCH3 is 1. The van der Waals surface area contributed by atoms with E-state index in [-0.39, 0.29) is 31.1 Å². The number of carbonyl (C=O) groups is 2. The Bertz CT molecular complexity index is 311. The summed E-state index contributed by atoms with van der Waals surface area (Å²) in [5.41, 5.74) is 0. The van der Waals surface area contributed by atoms with Gasteiger partial charge in [-0.15, -0.1) is 0 Å². The monoisotopic (exact) mass is 256 g/mol. The van der Waals surface area contributed by atoms with Gasteiger partial charge in [-0.2, -0.15) is 0 Å². The zero-order chi connectivity index (χ0) is 13.4. The van der Waals surface area contributed by atoms with Gasteiger partial charge in [-0.25, -0.2) is 0 Å². The fraction of sp³-hybridized carbons (Fsp3) is 0.692. The average Bonchev–Trinajstić information content (AvgIpc) is 2.42. The van der Waals surface area contributed by atoms with Gasteiger partial charge in [-0.05, 0) is 18.9 Å². The average molecular weight is 256 g/mol. The predicted octanol–water partition coefficient (Wildman–Crippen LogP) is 1.06. The molecule has 0 heterocycles. The van der Waals surface area contributed by atoms with Crippen molar-refractivity contribution in [1.82, 2.24) is 0 Å². The molecule has 1 aliphatic carbocycles. The summed E-state index contributed by atoms with van der Waals surface area (Å²) >= 11 is 0. The first-order valence-electron chi connectivity index (χ1n) is 6.21. The van der Waals surface area contributed by atoms with Crippen LogP contribution in [0.25, 0.3) is 0 Å². The number of hydrogen-bond donors (Lipinski definition) is 1. The van der Waals surface area contributed by atoms with Crippen LogP contribution in [-0.4, -0.2) is 37.4 Å². The van der Waals surface area contributed by atoms with Crippen LogP contribution in [0.1, 0.15) is 25.7 Å². The molecule has 5 heteroatoms. The van der Waals surface area contributed by atoms with Crippen molar-refractivity contribution in [3.05, 3.63) is 12.2 Å². The van der Waals surface area contributed by atoms with Gasteiger partial charge >= 0.3 is 11.9 Å². The lowest BCUT2D eigenvalue weighted by molar-refractivity contribution is -0.160. The quantitative estimate of drug-likeness (QED) is 0.588. The van der Waals surface area contributed by atoms with Gasteiger partial charge in [0.25, 0.3) is 0 Å². The zero-order valence-electron chi connectivity index (χ0n) is 10.6. The first kappa shape index (κ1) is 14.7. The molecule has 2 unspecified atom stereocenters. The molecule has 0 amide bonds. The van der Waals surface area contributed by atoms with E-state index in [9.17, 15) is 9.59 Å². The number of rotatable bonds is 5. The van der Waals surface area contributed by atoms with Crippen molar-refractivity contribution in [3.63, 3.8) is 0 Å². The smallest absolute Gasteiger partial charge is 0.310 e. The Morgan fingerprint density at radius 2 is 1.78 bits per heavy atom. The van der Waals surface area contributed by atoms with E-state index < -0.39 is 5.92 Å². The molecule has 0 aliphatic heterocycles. The molecule has 0 aromatic heterocycles. The minimum atomic E-state index is -0.395. The Kier molecular flexibility index (Phi) is 6.43. The van der Waals surface area contributed by atoms with E-state index in [0.29, 0.717) is 12.8 Å². The summed E-state index contributed by atoms with van der Waals surface area (Å²) in [6.07, 6.45) is 6.30. The molecule has 18 heavy (non-hydrogen) atoms. The highest BCUT2D eigenvalue weighted by atomic mass is 16.5. The predicted molar refractivity (Wildman–Crippen MR) is 64.6 cm³/mol. The maximum atomic E-state index is 11.9. The third kappa shape index (κ3) is 4.14. The van der Waals surface area contributed by atoms with Gasteiger partial charge < -0.3 is 14.6 Å². The Morgan fingerprint density at radius 3 is 2.33 bits per heavy atom. The summed E-state index contributed by atoms with van der Waals surface area (Å²) in [6, 6.07) is 0. The van der Waals surface area contributed by atoms with Gasteiger partial charge in [-0.1, -0.05) is 18.9 Å². The van der Waals surface area contributed by atoms with Crippen molar-refractivity contribution < 1.29 is 24.2 Å². The van der Waals surface area contributed by atoms with Crippen LogP contribution >= 0.6 is 0 Å². The second-order valence-corrected chi connectivity index (χ2v) is 4.30. The number of hydrogen-bond acceptors (Lipinski definition) is 5. The summed E-state index contributed by atoms with van der Waals surface area (Å²) < 4.78 is 9.78. The minimum Gasteiger partial charge on any atom is -0.469 e. The van der Waals surface area contributed by atoms with Gasteiger partial charge in [0.2, 0.25) is 0 Å². The van der Waals surface area contributed by atoms with E-state index >= 15 is 0 Å². The van der Waals surface area contributed by atoms with Gasteiger partial charge in [0.05, 0.1) is 25.6 Å². The first-order chi connectivity index (χ1) is 8.70. The summed E-state index contributed by atoms with van der Waals surface area (Å²) in [7, 11) is 1.34. The molecular formula is C13H20O5. The lowest BCUT2D eigenvalue weighted by Gasteiger charge is -2.27. The molecule has 1 rings (SSSR count). The molecule has 0 aromatic rings. The van der Waals surface area contributed by atoms with Crippen LogP contribution in [0.4, 0.5) is 0 Å². The number of aliphatic hydroxyl groups excluding tert-OH is 1. The third-order valence-electron chi connectivity index (χ3n) is 3.17. The van der Waals surface area contributed by atoms with Crippen LogP contribution in [0.5, 0.6) is 0 Å². The van der Waals surface area contributed by atoms with Crippen molar-refractivity contribution in [2.24, 2.45) is 11.8 Å². The lowest BCUT2D eigenvalue weighted by atomic mass is 9.79. The minimum absolute atomic E-state index is 0.0776. The SMILES string of the molecule is COC(=O)C1CCCCC1C(=O)OCC=CCO. The Morgan fingerprint density at radius 1 is 1.17 bits per heavy atom. The Hall–Kier alpha value is -1.36. The molecule has 0 bridgehead atoms. The number of carbonyl (C=O) groups excluding carboxylic acids is 2. The van der Waals surface area contributed by atoms with Crippen molar-refractivity contribution >= 4 is 11.9 Å². The molecule has 1 N–H and O–H groups in total. The van der Waals surface area contributed by atoms with Gasteiger partial charge in [0.15, 0.2) is 0 Å². The summed E-state index contributed by atoms with van der Waals surface area (Å²) in [5.74, 6) is -1.46. The third-order valence-corrected chi connectivity index (χ3v) is 3.17. The number of aliphatic hydroxyl groups is 1. The first-order valence-corrected chi connectivity index (χ1v) is 6.21. The molecule has 102 valence electrons. The maximum absolute atomic E-state index is 11.9. The van der Waals surface area contributed by atoms with E-state index in [1.54, 1.807) is 6.08 Å². The van der Waals surface area contributed by atoms with Crippen molar-refractivity contribution in [1.29, 1.82) is 0 Å². The molecule has 0 saturated heterocycles. The molecule has 0 spiro atoms. The van der Waals surface area contributed by atoms with Crippen molar-refractivity contribution in [3.8, 4) is 0 Å². The topological polar surface area (TPSA) is 72.8 Å². The molecular weight excluding hydrogens is 236 g/mol. The van der Waals surface area contributed by atoms with Crippen LogP contribution in [-0.2, 0) is 19.1 Å². The molecule has 1 fully saturated rings.